The van der Waals surface area contributed by atoms with Gasteiger partial charge in [-0.3, -0.25) is 4.79 Å². The van der Waals surface area contributed by atoms with Gasteiger partial charge in [0, 0.05) is 23.8 Å². The Kier molecular flexibility index (Phi) is 4.21. The molecule has 0 bridgehead atoms. The normalized spacial score (nSPS) is 18.0. The molecule has 2 heterocycles. The van der Waals surface area contributed by atoms with Gasteiger partial charge >= 0.3 is 0 Å². The number of benzene rings is 1. The number of aromatic nitrogens is 2. The topological polar surface area (TPSA) is 49.0 Å². The van der Waals surface area contributed by atoms with Gasteiger partial charge in [0.05, 0.1) is 0 Å². The minimum absolute atomic E-state index is 0.0421. The molecule has 2 aromatic rings. The van der Waals surface area contributed by atoms with Crippen LogP contribution in [0.25, 0.3) is 0 Å². The highest BCUT2D eigenvalue weighted by atomic mass is 35.5. The fraction of sp³-hybridized carbons (Fsp3) is 0.412. The van der Waals surface area contributed by atoms with Crippen molar-refractivity contribution in [1.29, 1.82) is 0 Å². The molecule has 3 rings (SSSR count). The standard InChI is InChI=1S/C17H20ClN3O/c1-11-16(20-12(2)19-11)17(22)21-8-7-14(10-21)9-13-3-5-15(18)6-4-13/h3-6,14H,7-10H2,1-2H3,(H,19,20). The first kappa shape index (κ1) is 15.1. The Morgan fingerprint density at radius 3 is 2.73 bits per heavy atom. The SMILES string of the molecule is Cc1nc(C(=O)N2CCC(Cc3ccc(Cl)cc3)C2)c(C)[nH]1. The lowest BCUT2D eigenvalue weighted by molar-refractivity contribution is 0.0781. The second-order valence-electron chi connectivity index (χ2n) is 6.03. The number of carbonyl (C=O) groups excluding carboxylic acids is 1. The highest BCUT2D eigenvalue weighted by Crippen LogP contribution is 2.23. The molecule has 1 aliphatic rings. The van der Waals surface area contributed by atoms with E-state index in [9.17, 15) is 4.79 Å². The summed E-state index contributed by atoms with van der Waals surface area (Å²) in [6.07, 6.45) is 2.02. The third-order valence-electron chi connectivity index (χ3n) is 4.22. The van der Waals surface area contributed by atoms with Crippen molar-refractivity contribution in [2.24, 2.45) is 5.92 Å². The summed E-state index contributed by atoms with van der Waals surface area (Å²) in [7, 11) is 0. The summed E-state index contributed by atoms with van der Waals surface area (Å²) in [5, 5.41) is 0.761. The fourth-order valence-corrected chi connectivity index (χ4v) is 3.23. The minimum atomic E-state index is 0.0421. The Hall–Kier alpha value is -1.81. The van der Waals surface area contributed by atoms with E-state index in [1.165, 1.54) is 5.56 Å². The first-order chi connectivity index (χ1) is 10.5. The Morgan fingerprint density at radius 1 is 1.36 bits per heavy atom. The molecule has 0 spiro atoms. The van der Waals surface area contributed by atoms with Crippen LogP contribution in [0.2, 0.25) is 5.02 Å². The summed E-state index contributed by atoms with van der Waals surface area (Å²) in [5.41, 5.74) is 2.68. The molecule has 1 fully saturated rings. The predicted molar refractivity (Wildman–Crippen MR) is 87.2 cm³/mol. The second-order valence-corrected chi connectivity index (χ2v) is 6.47. The van der Waals surface area contributed by atoms with Crippen molar-refractivity contribution in [1.82, 2.24) is 14.9 Å². The van der Waals surface area contributed by atoms with Gasteiger partial charge in [-0.25, -0.2) is 4.98 Å². The third kappa shape index (κ3) is 3.17. The summed E-state index contributed by atoms with van der Waals surface area (Å²) in [4.78, 5) is 21.9. The number of nitrogens with one attached hydrogen (secondary N) is 1. The van der Waals surface area contributed by atoms with Crippen LogP contribution in [0.5, 0.6) is 0 Å². The molecule has 0 aliphatic carbocycles. The van der Waals surface area contributed by atoms with Crippen LogP contribution in [-0.4, -0.2) is 33.9 Å². The molecular formula is C17H20ClN3O. The van der Waals surface area contributed by atoms with Crippen molar-refractivity contribution in [3.63, 3.8) is 0 Å². The van der Waals surface area contributed by atoms with E-state index < -0.39 is 0 Å². The summed E-state index contributed by atoms with van der Waals surface area (Å²) in [6, 6.07) is 7.97. The number of hydrogen-bond acceptors (Lipinski definition) is 2. The molecule has 1 saturated heterocycles. The number of amides is 1. The number of carbonyl (C=O) groups is 1. The maximum atomic E-state index is 12.5. The smallest absolute Gasteiger partial charge is 0.274 e. The molecule has 116 valence electrons. The first-order valence-electron chi connectivity index (χ1n) is 7.60. The number of nitrogens with zero attached hydrogens (tertiary/aromatic N) is 2. The van der Waals surface area contributed by atoms with Gasteiger partial charge in [-0.05, 0) is 50.3 Å². The number of aryl methyl sites for hydroxylation is 2. The molecule has 0 radical (unpaired) electrons. The summed E-state index contributed by atoms with van der Waals surface area (Å²) in [6.45, 7) is 5.38. The zero-order valence-corrected chi connectivity index (χ0v) is 13.7. The van der Waals surface area contributed by atoms with Crippen molar-refractivity contribution >= 4 is 17.5 Å². The van der Waals surface area contributed by atoms with E-state index in [0.717, 1.165) is 42.5 Å². The molecule has 1 aromatic carbocycles. The van der Waals surface area contributed by atoms with Crippen molar-refractivity contribution in [3.05, 3.63) is 52.1 Å². The van der Waals surface area contributed by atoms with Gasteiger partial charge in [0.15, 0.2) is 0 Å². The zero-order chi connectivity index (χ0) is 15.7. The molecule has 22 heavy (non-hydrogen) atoms. The van der Waals surface area contributed by atoms with Crippen LogP contribution in [0.15, 0.2) is 24.3 Å². The Morgan fingerprint density at radius 2 is 2.09 bits per heavy atom. The Balaban J connectivity index is 1.63. The van der Waals surface area contributed by atoms with Crippen LogP contribution in [0.3, 0.4) is 0 Å². The van der Waals surface area contributed by atoms with E-state index in [0.29, 0.717) is 11.6 Å². The average molecular weight is 318 g/mol. The van der Waals surface area contributed by atoms with E-state index in [2.05, 4.69) is 22.1 Å². The molecule has 1 aliphatic heterocycles. The number of aromatic amines is 1. The number of imidazole rings is 1. The largest absolute Gasteiger partial charge is 0.346 e. The lowest BCUT2D eigenvalue weighted by atomic mass is 9.99. The Bertz CT molecular complexity index is 678. The van der Waals surface area contributed by atoms with Gasteiger partial charge in [0.1, 0.15) is 11.5 Å². The van der Waals surface area contributed by atoms with Crippen molar-refractivity contribution in [2.45, 2.75) is 26.7 Å². The molecule has 1 atom stereocenters. The molecule has 0 saturated carbocycles. The van der Waals surface area contributed by atoms with Gasteiger partial charge in [-0.15, -0.1) is 0 Å². The van der Waals surface area contributed by atoms with Gasteiger partial charge in [0.2, 0.25) is 0 Å². The highest BCUT2D eigenvalue weighted by Gasteiger charge is 2.29. The van der Waals surface area contributed by atoms with Crippen LogP contribution in [-0.2, 0) is 6.42 Å². The lowest BCUT2D eigenvalue weighted by Crippen LogP contribution is -2.29. The second kappa shape index (κ2) is 6.13. The van der Waals surface area contributed by atoms with Crippen molar-refractivity contribution < 1.29 is 4.79 Å². The lowest BCUT2D eigenvalue weighted by Gasteiger charge is -2.16. The fourth-order valence-electron chi connectivity index (χ4n) is 3.11. The van der Waals surface area contributed by atoms with Crippen LogP contribution in [0.1, 0.15) is 34.0 Å². The minimum Gasteiger partial charge on any atom is -0.346 e. The molecule has 1 amide bonds. The van der Waals surface area contributed by atoms with Crippen LogP contribution >= 0.6 is 11.6 Å². The molecule has 4 nitrogen and oxygen atoms in total. The van der Waals surface area contributed by atoms with Crippen molar-refractivity contribution in [2.75, 3.05) is 13.1 Å². The summed E-state index contributed by atoms with van der Waals surface area (Å²) in [5.74, 6) is 1.34. The first-order valence-corrected chi connectivity index (χ1v) is 7.97. The van der Waals surface area contributed by atoms with E-state index in [1.807, 2.05) is 30.9 Å². The number of rotatable bonds is 3. The zero-order valence-electron chi connectivity index (χ0n) is 12.9. The van der Waals surface area contributed by atoms with Crippen LogP contribution < -0.4 is 0 Å². The number of H-pyrrole nitrogens is 1. The quantitative estimate of drug-likeness (QED) is 0.943. The van der Waals surface area contributed by atoms with Gasteiger partial charge < -0.3 is 9.88 Å². The van der Waals surface area contributed by atoms with Crippen LogP contribution in [0.4, 0.5) is 0 Å². The van der Waals surface area contributed by atoms with Crippen LogP contribution in [0, 0.1) is 19.8 Å². The van der Waals surface area contributed by atoms with Gasteiger partial charge in [0.25, 0.3) is 5.91 Å². The average Bonchev–Trinajstić information content (AvgIpc) is 3.07. The third-order valence-corrected chi connectivity index (χ3v) is 4.47. The highest BCUT2D eigenvalue weighted by molar-refractivity contribution is 6.30. The Labute approximate surface area is 135 Å². The molecule has 1 aromatic heterocycles. The van der Waals surface area contributed by atoms with E-state index in [4.69, 9.17) is 11.6 Å². The van der Waals surface area contributed by atoms with Crippen molar-refractivity contribution in [3.8, 4) is 0 Å². The maximum absolute atomic E-state index is 12.5. The monoisotopic (exact) mass is 317 g/mol. The molecular weight excluding hydrogens is 298 g/mol. The summed E-state index contributed by atoms with van der Waals surface area (Å²) >= 11 is 5.91. The number of hydrogen-bond donors (Lipinski definition) is 1. The molecule has 1 unspecified atom stereocenters. The maximum Gasteiger partial charge on any atom is 0.274 e. The molecule has 1 N–H and O–H groups in total. The van der Waals surface area contributed by atoms with E-state index in [1.54, 1.807) is 0 Å². The predicted octanol–water partition coefficient (Wildman–Crippen LogP) is 3.38. The number of halogens is 1. The van der Waals surface area contributed by atoms with Gasteiger partial charge in [-0.1, -0.05) is 23.7 Å². The van der Waals surface area contributed by atoms with E-state index >= 15 is 0 Å². The molecule has 5 heteroatoms. The number of likely N-dealkylation sites (tertiary alicyclic amines) is 1. The van der Waals surface area contributed by atoms with E-state index in [-0.39, 0.29) is 5.91 Å². The van der Waals surface area contributed by atoms with Gasteiger partial charge in [-0.2, -0.15) is 0 Å². The summed E-state index contributed by atoms with van der Waals surface area (Å²) < 4.78 is 0.